The molecular formula is C18H30N6O2. The standard InChI is InChI=1S/C18H30N6O2/c1-2-15-8-4-7-12-23(15)18-16(24(25)26)17(20-14-21-18)19-9-13-22-10-5-3-6-11-22/h14-15H,2-13H2,1H3,(H,19,20,21). The lowest BCUT2D eigenvalue weighted by molar-refractivity contribution is -0.383. The van der Waals surface area contributed by atoms with Crippen molar-refractivity contribution in [2.75, 3.05) is 42.9 Å². The fourth-order valence-corrected chi connectivity index (χ4v) is 4.10. The van der Waals surface area contributed by atoms with E-state index in [1.54, 1.807) is 0 Å². The SMILES string of the molecule is CCC1CCCCN1c1ncnc(NCCN2CCCCC2)c1[N+](=O)[O-]. The molecule has 0 amide bonds. The molecular weight excluding hydrogens is 332 g/mol. The number of aromatic nitrogens is 2. The van der Waals surface area contributed by atoms with Gasteiger partial charge in [-0.3, -0.25) is 10.1 Å². The van der Waals surface area contributed by atoms with Gasteiger partial charge in [-0.1, -0.05) is 13.3 Å². The Labute approximate surface area is 155 Å². The summed E-state index contributed by atoms with van der Waals surface area (Å²) in [6.45, 7) is 6.74. The maximum absolute atomic E-state index is 11.8. The second-order valence-corrected chi connectivity index (χ2v) is 7.23. The van der Waals surface area contributed by atoms with Crippen LogP contribution in [-0.2, 0) is 0 Å². The number of nitrogens with one attached hydrogen (secondary N) is 1. The quantitative estimate of drug-likeness (QED) is 0.589. The van der Waals surface area contributed by atoms with Crippen molar-refractivity contribution >= 4 is 17.3 Å². The zero-order chi connectivity index (χ0) is 18.4. The molecule has 0 radical (unpaired) electrons. The van der Waals surface area contributed by atoms with Crippen molar-refractivity contribution in [3.05, 3.63) is 16.4 Å². The van der Waals surface area contributed by atoms with Crippen LogP contribution in [0.15, 0.2) is 6.33 Å². The predicted octanol–water partition coefficient (Wildman–Crippen LogP) is 3.05. The molecule has 0 aliphatic carbocycles. The molecule has 1 aromatic heterocycles. The van der Waals surface area contributed by atoms with Gasteiger partial charge in [0, 0.05) is 25.7 Å². The number of hydrogen-bond acceptors (Lipinski definition) is 7. The third-order valence-electron chi connectivity index (χ3n) is 5.53. The molecule has 26 heavy (non-hydrogen) atoms. The molecule has 2 fully saturated rings. The van der Waals surface area contributed by atoms with Crippen molar-refractivity contribution in [3.8, 4) is 0 Å². The zero-order valence-corrected chi connectivity index (χ0v) is 15.7. The summed E-state index contributed by atoms with van der Waals surface area (Å²) in [5.41, 5.74) is 0.0199. The molecule has 3 heterocycles. The first-order valence-electron chi connectivity index (χ1n) is 9.93. The third-order valence-corrected chi connectivity index (χ3v) is 5.53. The fourth-order valence-electron chi connectivity index (χ4n) is 4.10. The number of nitro groups is 1. The van der Waals surface area contributed by atoms with E-state index >= 15 is 0 Å². The van der Waals surface area contributed by atoms with Gasteiger partial charge >= 0.3 is 5.69 Å². The van der Waals surface area contributed by atoms with E-state index in [0.717, 1.165) is 45.4 Å². The summed E-state index contributed by atoms with van der Waals surface area (Å²) in [6, 6.07) is 0.318. The summed E-state index contributed by atoms with van der Waals surface area (Å²) in [7, 11) is 0. The molecule has 3 rings (SSSR count). The van der Waals surface area contributed by atoms with E-state index in [1.807, 2.05) is 0 Å². The van der Waals surface area contributed by atoms with Crippen LogP contribution in [0.4, 0.5) is 17.3 Å². The van der Waals surface area contributed by atoms with Crippen LogP contribution in [-0.4, -0.2) is 58.6 Å². The number of anilines is 2. The predicted molar refractivity (Wildman–Crippen MR) is 103 cm³/mol. The molecule has 1 aromatic rings. The van der Waals surface area contributed by atoms with Crippen LogP contribution in [0.1, 0.15) is 51.9 Å². The lowest BCUT2D eigenvalue weighted by Gasteiger charge is -2.35. The summed E-state index contributed by atoms with van der Waals surface area (Å²) in [5.74, 6) is 0.814. The van der Waals surface area contributed by atoms with Gasteiger partial charge in [0.25, 0.3) is 0 Å². The molecule has 2 aliphatic heterocycles. The Hall–Kier alpha value is -1.96. The van der Waals surface area contributed by atoms with Gasteiger partial charge in [0.15, 0.2) is 0 Å². The van der Waals surface area contributed by atoms with Crippen LogP contribution < -0.4 is 10.2 Å². The van der Waals surface area contributed by atoms with Crippen molar-refractivity contribution < 1.29 is 4.92 Å². The highest BCUT2D eigenvalue weighted by atomic mass is 16.6. The Morgan fingerprint density at radius 1 is 1.19 bits per heavy atom. The minimum absolute atomic E-state index is 0.0199. The van der Waals surface area contributed by atoms with Crippen LogP contribution in [0.25, 0.3) is 0 Å². The van der Waals surface area contributed by atoms with Crippen molar-refractivity contribution in [3.63, 3.8) is 0 Å². The third kappa shape index (κ3) is 4.41. The van der Waals surface area contributed by atoms with E-state index < -0.39 is 0 Å². The number of rotatable bonds is 7. The number of nitrogens with zero attached hydrogens (tertiary/aromatic N) is 5. The molecule has 1 atom stereocenters. The monoisotopic (exact) mass is 362 g/mol. The van der Waals surface area contributed by atoms with Gasteiger partial charge in [-0.15, -0.1) is 0 Å². The topological polar surface area (TPSA) is 87.4 Å². The second kappa shape index (κ2) is 9.12. The number of piperidine rings is 2. The normalized spacial score (nSPS) is 21.6. The number of hydrogen-bond donors (Lipinski definition) is 1. The maximum atomic E-state index is 11.8. The van der Waals surface area contributed by atoms with Crippen molar-refractivity contribution in [2.45, 2.75) is 57.9 Å². The Morgan fingerprint density at radius 3 is 2.69 bits per heavy atom. The Bertz CT molecular complexity index is 605. The lowest BCUT2D eigenvalue weighted by atomic mass is 10.00. The Kier molecular flexibility index (Phi) is 6.60. The second-order valence-electron chi connectivity index (χ2n) is 7.23. The minimum Gasteiger partial charge on any atom is -0.363 e. The van der Waals surface area contributed by atoms with Crippen LogP contribution in [0.2, 0.25) is 0 Å². The molecule has 2 aliphatic rings. The average Bonchev–Trinajstić information content (AvgIpc) is 2.68. The largest absolute Gasteiger partial charge is 0.363 e. The van der Waals surface area contributed by atoms with Gasteiger partial charge in [-0.05, 0) is 51.6 Å². The number of likely N-dealkylation sites (tertiary alicyclic amines) is 1. The van der Waals surface area contributed by atoms with E-state index in [1.165, 1.54) is 32.0 Å². The highest BCUT2D eigenvalue weighted by Crippen LogP contribution is 2.35. The van der Waals surface area contributed by atoms with E-state index in [0.29, 0.717) is 24.2 Å². The Morgan fingerprint density at radius 2 is 1.96 bits per heavy atom. The summed E-state index contributed by atoms with van der Waals surface area (Å²) < 4.78 is 0. The molecule has 8 heteroatoms. The molecule has 0 bridgehead atoms. The fraction of sp³-hybridized carbons (Fsp3) is 0.778. The van der Waals surface area contributed by atoms with Gasteiger partial charge in [0.2, 0.25) is 11.6 Å². The molecule has 0 aromatic carbocycles. The zero-order valence-electron chi connectivity index (χ0n) is 15.7. The minimum atomic E-state index is -0.333. The highest BCUT2D eigenvalue weighted by molar-refractivity contribution is 5.70. The molecule has 1 unspecified atom stereocenters. The van der Waals surface area contributed by atoms with Gasteiger partial charge in [-0.25, -0.2) is 9.97 Å². The van der Waals surface area contributed by atoms with Crippen LogP contribution in [0.3, 0.4) is 0 Å². The van der Waals surface area contributed by atoms with E-state index in [9.17, 15) is 10.1 Å². The lowest BCUT2D eigenvalue weighted by Crippen LogP contribution is -2.40. The van der Waals surface area contributed by atoms with Crippen molar-refractivity contribution in [2.24, 2.45) is 0 Å². The van der Waals surface area contributed by atoms with Gasteiger partial charge in [0.1, 0.15) is 6.33 Å². The van der Waals surface area contributed by atoms with Crippen LogP contribution in [0.5, 0.6) is 0 Å². The van der Waals surface area contributed by atoms with Gasteiger partial charge in [-0.2, -0.15) is 0 Å². The molecule has 0 spiro atoms. The summed E-state index contributed by atoms with van der Waals surface area (Å²) >= 11 is 0. The van der Waals surface area contributed by atoms with E-state index in [2.05, 4.69) is 32.0 Å². The molecule has 0 saturated carbocycles. The summed E-state index contributed by atoms with van der Waals surface area (Å²) in [5, 5.41) is 15.0. The highest BCUT2D eigenvalue weighted by Gasteiger charge is 2.31. The van der Waals surface area contributed by atoms with Gasteiger partial charge in [0.05, 0.1) is 4.92 Å². The van der Waals surface area contributed by atoms with Crippen LogP contribution in [0, 0.1) is 10.1 Å². The van der Waals surface area contributed by atoms with Crippen LogP contribution >= 0.6 is 0 Å². The Balaban J connectivity index is 1.74. The first-order valence-corrected chi connectivity index (χ1v) is 9.93. The van der Waals surface area contributed by atoms with Crippen molar-refractivity contribution in [1.82, 2.24) is 14.9 Å². The molecule has 8 nitrogen and oxygen atoms in total. The molecule has 2 saturated heterocycles. The van der Waals surface area contributed by atoms with Gasteiger partial charge < -0.3 is 15.1 Å². The van der Waals surface area contributed by atoms with Crippen molar-refractivity contribution in [1.29, 1.82) is 0 Å². The first-order chi connectivity index (χ1) is 12.7. The summed E-state index contributed by atoms with van der Waals surface area (Å²) in [4.78, 5) is 24.5. The van der Waals surface area contributed by atoms with E-state index in [4.69, 9.17) is 0 Å². The smallest absolute Gasteiger partial charge is 0.353 e. The summed E-state index contributed by atoms with van der Waals surface area (Å²) in [6.07, 6.45) is 9.50. The average molecular weight is 362 g/mol. The molecule has 1 N–H and O–H groups in total. The molecule has 144 valence electrons. The van der Waals surface area contributed by atoms with E-state index in [-0.39, 0.29) is 10.6 Å². The maximum Gasteiger partial charge on any atom is 0.353 e. The first kappa shape index (κ1) is 18.8.